The van der Waals surface area contributed by atoms with E-state index in [0.29, 0.717) is 5.92 Å². The highest BCUT2D eigenvalue weighted by Crippen LogP contribution is 2.28. The summed E-state index contributed by atoms with van der Waals surface area (Å²) in [6.45, 7) is 3.46. The number of carbonyl (C=O) groups excluding carboxylic acids is 1. The van der Waals surface area contributed by atoms with E-state index in [4.69, 9.17) is 0 Å². The van der Waals surface area contributed by atoms with Crippen molar-refractivity contribution >= 4 is 16.8 Å². The minimum atomic E-state index is 0.132. The highest BCUT2D eigenvalue weighted by Gasteiger charge is 2.28. The number of aromatic nitrogens is 3. The van der Waals surface area contributed by atoms with Crippen LogP contribution in [0.1, 0.15) is 34.9 Å². The maximum atomic E-state index is 13.3. The van der Waals surface area contributed by atoms with Crippen LogP contribution < -0.4 is 0 Å². The quantitative estimate of drug-likeness (QED) is 0.685. The molecule has 0 N–H and O–H groups in total. The van der Waals surface area contributed by atoms with Crippen molar-refractivity contribution in [3.8, 4) is 0 Å². The van der Waals surface area contributed by atoms with Crippen LogP contribution in [0, 0.1) is 0 Å². The maximum absolute atomic E-state index is 13.3. The third-order valence-corrected chi connectivity index (χ3v) is 5.77. The van der Waals surface area contributed by atoms with Gasteiger partial charge in [-0.2, -0.15) is 0 Å². The Morgan fingerprint density at radius 1 is 1.25 bits per heavy atom. The minimum absolute atomic E-state index is 0.132. The van der Waals surface area contributed by atoms with Gasteiger partial charge in [-0.3, -0.25) is 4.79 Å². The van der Waals surface area contributed by atoms with Crippen molar-refractivity contribution in [2.24, 2.45) is 7.05 Å². The first-order valence-corrected chi connectivity index (χ1v) is 10.0. The van der Waals surface area contributed by atoms with Crippen molar-refractivity contribution in [1.29, 1.82) is 0 Å². The van der Waals surface area contributed by atoms with Crippen LogP contribution in [0.3, 0.4) is 0 Å². The Morgan fingerprint density at radius 3 is 2.93 bits per heavy atom. The molecule has 28 heavy (non-hydrogen) atoms. The van der Waals surface area contributed by atoms with Crippen LogP contribution in [0.4, 0.5) is 0 Å². The van der Waals surface area contributed by atoms with Gasteiger partial charge < -0.3 is 18.9 Å². The number of hydrogen-bond donors (Lipinski definition) is 0. The highest BCUT2D eigenvalue weighted by molar-refractivity contribution is 6.06. The average molecular weight is 380 g/mol. The van der Waals surface area contributed by atoms with Crippen molar-refractivity contribution in [2.45, 2.75) is 25.3 Å². The second-order valence-corrected chi connectivity index (χ2v) is 8.04. The Bertz CT molecular complexity index is 970. The Morgan fingerprint density at radius 2 is 2.11 bits per heavy atom. The van der Waals surface area contributed by atoms with E-state index in [1.54, 1.807) is 0 Å². The number of benzene rings is 1. The Hall–Kier alpha value is -2.60. The molecule has 0 bridgehead atoms. The van der Waals surface area contributed by atoms with E-state index in [2.05, 4.69) is 45.4 Å². The molecule has 0 saturated carbocycles. The molecule has 3 heterocycles. The summed E-state index contributed by atoms with van der Waals surface area (Å²) in [6, 6.07) is 8.03. The number of nitrogens with zero attached hydrogens (tertiary/aromatic N) is 5. The predicted octanol–water partition coefficient (Wildman–Crippen LogP) is 2.96. The third-order valence-electron chi connectivity index (χ3n) is 5.77. The van der Waals surface area contributed by atoms with Gasteiger partial charge in [0.1, 0.15) is 5.82 Å². The number of aryl methyl sites for hydroxylation is 1. The second kappa shape index (κ2) is 7.80. The van der Waals surface area contributed by atoms with Crippen molar-refractivity contribution in [3.05, 3.63) is 54.2 Å². The molecule has 1 aliphatic rings. The smallest absolute Gasteiger partial charge is 0.254 e. The molecule has 148 valence electrons. The molecule has 1 aromatic carbocycles. The maximum Gasteiger partial charge on any atom is 0.254 e. The zero-order valence-corrected chi connectivity index (χ0v) is 17.0. The summed E-state index contributed by atoms with van der Waals surface area (Å²) >= 11 is 0. The number of likely N-dealkylation sites (N-methyl/N-ethyl adjacent to an activating group) is 1. The van der Waals surface area contributed by atoms with Gasteiger partial charge in [0, 0.05) is 74.2 Å². The lowest BCUT2D eigenvalue weighted by molar-refractivity contribution is 0.0705. The number of likely N-dealkylation sites (tertiary alicyclic amines) is 1. The molecule has 0 spiro atoms. The van der Waals surface area contributed by atoms with E-state index in [-0.39, 0.29) is 5.91 Å². The Labute approximate surface area is 166 Å². The van der Waals surface area contributed by atoms with Crippen molar-refractivity contribution < 1.29 is 4.79 Å². The summed E-state index contributed by atoms with van der Waals surface area (Å²) in [5.74, 6) is 1.54. The van der Waals surface area contributed by atoms with Crippen molar-refractivity contribution in [2.75, 3.05) is 33.7 Å². The molecule has 3 aromatic rings. The van der Waals surface area contributed by atoms with Gasteiger partial charge >= 0.3 is 0 Å². The monoisotopic (exact) mass is 379 g/mol. The number of fused-ring (bicyclic) bond motifs is 1. The number of carbonyl (C=O) groups is 1. The number of rotatable bonds is 5. The standard InChI is InChI=1S/C22H29N5O/c1-24(2)14-15-26-13-10-23-21(26)17-6-5-11-27(16-17)22(28)19-7-4-8-20-18(19)9-12-25(20)3/h4,7-10,12-13,17H,5-6,11,14-16H2,1-3H3. The average Bonchev–Trinajstić information content (AvgIpc) is 3.33. The number of amides is 1. The number of hydrogen-bond acceptors (Lipinski definition) is 3. The van der Waals surface area contributed by atoms with E-state index in [9.17, 15) is 4.79 Å². The van der Waals surface area contributed by atoms with E-state index in [0.717, 1.165) is 61.3 Å². The van der Waals surface area contributed by atoms with E-state index in [1.807, 2.05) is 42.5 Å². The molecule has 1 aliphatic heterocycles. The van der Waals surface area contributed by atoms with E-state index >= 15 is 0 Å². The van der Waals surface area contributed by atoms with Gasteiger partial charge in [0.25, 0.3) is 5.91 Å². The van der Waals surface area contributed by atoms with E-state index < -0.39 is 0 Å². The lowest BCUT2D eigenvalue weighted by Gasteiger charge is -2.33. The van der Waals surface area contributed by atoms with Gasteiger partial charge in [-0.15, -0.1) is 0 Å². The van der Waals surface area contributed by atoms with Crippen molar-refractivity contribution in [3.63, 3.8) is 0 Å². The van der Waals surface area contributed by atoms with Crippen molar-refractivity contribution in [1.82, 2.24) is 23.9 Å². The molecule has 1 fully saturated rings. The first-order valence-electron chi connectivity index (χ1n) is 10.0. The Kier molecular flexibility index (Phi) is 5.22. The molecule has 0 aliphatic carbocycles. The summed E-state index contributed by atoms with van der Waals surface area (Å²) < 4.78 is 4.31. The summed E-state index contributed by atoms with van der Waals surface area (Å²) in [6.07, 6.45) is 8.06. The van der Waals surface area contributed by atoms with Gasteiger partial charge in [0.2, 0.25) is 0 Å². The van der Waals surface area contributed by atoms with Crippen LogP contribution in [-0.4, -0.2) is 63.6 Å². The second-order valence-electron chi connectivity index (χ2n) is 8.04. The molecular formula is C22H29N5O. The van der Waals surface area contributed by atoms with Gasteiger partial charge in [0.15, 0.2) is 0 Å². The molecule has 0 radical (unpaired) electrons. The van der Waals surface area contributed by atoms with Gasteiger partial charge in [-0.05, 0) is 45.1 Å². The molecule has 2 aromatic heterocycles. The zero-order chi connectivity index (χ0) is 19.7. The van der Waals surface area contributed by atoms with Gasteiger partial charge in [-0.1, -0.05) is 6.07 Å². The SMILES string of the molecule is CN(C)CCn1ccnc1C1CCCN(C(=O)c2cccc3c2ccn3C)C1. The van der Waals surface area contributed by atoms with Crippen LogP contribution in [-0.2, 0) is 13.6 Å². The summed E-state index contributed by atoms with van der Waals surface area (Å²) in [5, 5.41) is 1.03. The largest absolute Gasteiger partial charge is 0.351 e. The lowest BCUT2D eigenvalue weighted by Crippen LogP contribution is -2.40. The number of piperidine rings is 1. The fourth-order valence-corrected chi connectivity index (χ4v) is 4.21. The highest BCUT2D eigenvalue weighted by atomic mass is 16.2. The molecule has 1 amide bonds. The third kappa shape index (κ3) is 3.56. The summed E-state index contributed by atoms with van der Waals surface area (Å²) in [7, 11) is 6.19. The normalized spacial score (nSPS) is 17.6. The van der Waals surface area contributed by atoms with Gasteiger partial charge in [-0.25, -0.2) is 4.98 Å². The molecule has 6 nitrogen and oxygen atoms in total. The molecule has 6 heteroatoms. The fourth-order valence-electron chi connectivity index (χ4n) is 4.21. The molecule has 1 atom stereocenters. The van der Waals surface area contributed by atoms with Crippen LogP contribution in [0.2, 0.25) is 0 Å². The van der Waals surface area contributed by atoms with Crippen LogP contribution in [0.25, 0.3) is 10.9 Å². The molecule has 1 unspecified atom stereocenters. The zero-order valence-electron chi connectivity index (χ0n) is 17.0. The van der Waals surface area contributed by atoms with E-state index in [1.165, 1.54) is 0 Å². The fraction of sp³-hybridized carbons (Fsp3) is 0.455. The molecule has 4 rings (SSSR count). The van der Waals surface area contributed by atoms with Gasteiger partial charge in [0.05, 0.1) is 0 Å². The number of imidazole rings is 1. The molecular weight excluding hydrogens is 350 g/mol. The first-order chi connectivity index (χ1) is 13.5. The Balaban J connectivity index is 1.54. The minimum Gasteiger partial charge on any atom is -0.351 e. The lowest BCUT2D eigenvalue weighted by atomic mass is 9.96. The van der Waals surface area contributed by atoms with Crippen LogP contribution >= 0.6 is 0 Å². The topological polar surface area (TPSA) is 46.3 Å². The molecule has 1 saturated heterocycles. The van der Waals surface area contributed by atoms with Crippen LogP contribution in [0.15, 0.2) is 42.9 Å². The van der Waals surface area contributed by atoms with Crippen LogP contribution in [0.5, 0.6) is 0 Å². The first kappa shape index (κ1) is 18.7. The summed E-state index contributed by atoms with van der Waals surface area (Å²) in [5.41, 5.74) is 1.90. The summed E-state index contributed by atoms with van der Waals surface area (Å²) in [4.78, 5) is 22.2. The predicted molar refractivity (Wildman–Crippen MR) is 112 cm³/mol.